The van der Waals surface area contributed by atoms with Gasteiger partial charge in [0.15, 0.2) is 0 Å². The van der Waals surface area contributed by atoms with Crippen molar-refractivity contribution in [2.45, 2.75) is 25.2 Å². The SMILES string of the molecule is Clc1ccc2[nH]cc(C3CCN(CCc4cnn(-c5cccc(Br)c5)c4)CC3)c2c1.O=C(O)C(=O)O. The zero-order chi connectivity index (χ0) is 25.7. The van der Waals surface area contributed by atoms with Crippen molar-refractivity contribution < 1.29 is 19.8 Å². The lowest BCUT2D eigenvalue weighted by Gasteiger charge is -2.31. The fourth-order valence-electron chi connectivity index (χ4n) is 4.46. The summed E-state index contributed by atoms with van der Waals surface area (Å²) in [5.74, 6) is -3.04. The van der Waals surface area contributed by atoms with Crippen molar-refractivity contribution >= 4 is 50.4 Å². The second-order valence-corrected chi connectivity index (χ2v) is 10.0. The summed E-state index contributed by atoms with van der Waals surface area (Å²) in [6.07, 6.45) is 9.72. The highest BCUT2D eigenvalue weighted by Crippen LogP contribution is 2.34. The molecule has 2 aromatic heterocycles. The molecule has 8 nitrogen and oxygen atoms in total. The molecule has 0 aliphatic carbocycles. The van der Waals surface area contributed by atoms with Gasteiger partial charge >= 0.3 is 11.9 Å². The average molecular weight is 574 g/mol. The van der Waals surface area contributed by atoms with E-state index in [-0.39, 0.29) is 0 Å². The molecule has 10 heteroatoms. The third kappa shape index (κ3) is 6.54. The Labute approximate surface area is 221 Å². The number of carboxylic acids is 2. The second-order valence-electron chi connectivity index (χ2n) is 8.68. The molecular formula is C26H26BrClN4O4. The number of nitrogens with one attached hydrogen (secondary N) is 1. The van der Waals surface area contributed by atoms with Crippen molar-refractivity contribution in [1.29, 1.82) is 0 Å². The van der Waals surface area contributed by atoms with Crippen molar-refractivity contribution in [2.75, 3.05) is 19.6 Å². The largest absolute Gasteiger partial charge is 0.473 e. The van der Waals surface area contributed by atoms with Crippen molar-refractivity contribution in [3.05, 3.63) is 81.7 Å². The van der Waals surface area contributed by atoms with E-state index in [1.54, 1.807) is 0 Å². The number of aromatic nitrogens is 3. The van der Waals surface area contributed by atoms with E-state index < -0.39 is 11.9 Å². The number of H-pyrrole nitrogens is 1. The van der Waals surface area contributed by atoms with Gasteiger partial charge in [-0.15, -0.1) is 0 Å². The van der Waals surface area contributed by atoms with Crippen LogP contribution in [0.1, 0.15) is 29.9 Å². The average Bonchev–Trinajstić information content (AvgIpc) is 3.50. The zero-order valence-corrected chi connectivity index (χ0v) is 21.7. The van der Waals surface area contributed by atoms with Crippen molar-refractivity contribution in [3.63, 3.8) is 0 Å². The quantitative estimate of drug-likeness (QED) is 0.278. The van der Waals surface area contributed by atoms with Crippen LogP contribution < -0.4 is 0 Å². The van der Waals surface area contributed by atoms with Crippen LogP contribution in [0.3, 0.4) is 0 Å². The highest BCUT2D eigenvalue weighted by molar-refractivity contribution is 9.10. The first-order valence-electron chi connectivity index (χ1n) is 11.5. The summed E-state index contributed by atoms with van der Waals surface area (Å²) in [6, 6.07) is 14.3. The summed E-state index contributed by atoms with van der Waals surface area (Å²) in [5.41, 5.74) is 4.96. The van der Waals surface area contributed by atoms with Gasteiger partial charge in [-0.05, 0) is 85.8 Å². The number of aromatic amines is 1. The van der Waals surface area contributed by atoms with E-state index in [9.17, 15) is 0 Å². The fraction of sp³-hybridized carbons (Fsp3) is 0.269. The number of piperidine rings is 1. The molecule has 1 aliphatic heterocycles. The van der Waals surface area contributed by atoms with Gasteiger partial charge in [-0.3, -0.25) is 0 Å². The number of aliphatic carboxylic acids is 2. The standard InChI is InChI=1S/C24H24BrClN4.C2H2O4/c25-19-2-1-3-21(12-19)30-16-17(14-28-30)6-9-29-10-7-18(8-11-29)23-15-27-24-5-4-20(26)13-22(23)24;3-1(4)2(5)6/h1-5,12-16,18,27H,6-11H2;(H,3,4)(H,5,6). The predicted molar refractivity (Wildman–Crippen MR) is 142 cm³/mol. The maximum Gasteiger partial charge on any atom is 0.414 e. The van der Waals surface area contributed by atoms with E-state index in [0.717, 1.165) is 41.2 Å². The van der Waals surface area contributed by atoms with E-state index in [1.165, 1.54) is 34.9 Å². The molecule has 1 aliphatic rings. The number of rotatable bonds is 5. The monoisotopic (exact) mass is 572 g/mol. The molecule has 0 atom stereocenters. The van der Waals surface area contributed by atoms with E-state index in [0.29, 0.717) is 5.92 Å². The second kappa shape index (κ2) is 11.7. The highest BCUT2D eigenvalue weighted by Gasteiger charge is 2.23. The number of carbonyl (C=O) groups is 2. The molecule has 0 bridgehead atoms. The number of halogens is 2. The smallest absolute Gasteiger partial charge is 0.414 e. The molecule has 0 saturated carbocycles. The summed E-state index contributed by atoms with van der Waals surface area (Å²) in [4.78, 5) is 24.2. The third-order valence-electron chi connectivity index (χ3n) is 6.31. The summed E-state index contributed by atoms with van der Waals surface area (Å²) in [6.45, 7) is 3.35. The van der Waals surface area contributed by atoms with Gasteiger partial charge in [-0.1, -0.05) is 33.6 Å². The van der Waals surface area contributed by atoms with Crippen molar-refractivity contribution in [1.82, 2.24) is 19.7 Å². The molecule has 0 amide bonds. The van der Waals surface area contributed by atoms with E-state index >= 15 is 0 Å². The van der Waals surface area contributed by atoms with E-state index in [4.69, 9.17) is 31.4 Å². The van der Waals surface area contributed by atoms with Crippen LogP contribution in [0.25, 0.3) is 16.6 Å². The lowest BCUT2D eigenvalue weighted by atomic mass is 9.89. The van der Waals surface area contributed by atoms with Gasteiger partial charge in [-0.25, -0.2) is 14.3 Å². The summed E-state index contributed by atoms with van der Waals surface area (Å²) < 4.78 is 3.02. The summed E-state index contributed by atoms with van der Waals surface area (Å²) >= 11 is 9.75. The third-order valence-corrected chi connectivity index (χ3v) is 7.04. The molecular weight excluding hydrogens is 548 g/mol. The van der Waals surface area contributed by atoms with Gasteiger partial charge in [0.2, 0.25) is 0 Å². The van der Waals surface area contributed by atoms with Crippen LogP contribution in [-0.2, 0) is 16.0 Å². The van der Waals surface area contributed by atoms with Crippen LogP contribution in [0.2, 0.25) is 5.02 Å². The minimum absolute atomic E-state index is 0.604. The van der Waals surface area contributed by atoms with Gasteiger partial charge in [0.05, 0.1) is 11.9 Å². The Morgan fingerprint density at radius 2 is 1.86 bits per heavy atom. The molecule has 4 aromatic rings. The molecule has 1 fully saturated rings. The Balaban J connectivity index is 0.000000455. The Morgan fingerprint density at radius 3 is 2.56 bits per heavy atom. The number of hydrogen-bond donors (Lipinski definition) is 3. The minimum Gasteiger partial charge on any atom is -0.473 e. The fourth-order valence-corrected chi connectivity index (χ4v) is 5.02. The highest BCUT2D eigenvalue weighted by atomic mass is 79.9. The first-order chi connectivity index (χ1) is 17.3. The van der Waals surface area contributed by atoms with Crippen LogP contribution in [0.5, 0.6) is 0 Å². The molecule has 0 unspecified atom stereocenters. The number of benzene rings is 2. The summed E-state index contributed by atoms with van der Waals surface area (Å²) in [7, 11) is 0. The predicted octanol–water partition coefficient (Wildman–Crippen LogP) is 5.35. The molecule has 0 spiro atoms. The van der Waals surface area contributed by atoms with E-state index in [2.05, 4.69) is 67.6 Å². The number of hydrogen-bond acceptors (Lipinski definition) is 4. The zero-order valence-electron chi connectivity index (χ0n) is 19.4. The van der Waals surface area contributed by atoms with Gasteiger partial charge in [0.25, 0.3) is 0 Å². The molecule has 5 rings (SSSR count). The number of likely N-dealkylation sites (tertiary alicyclic amines) is 1. The number of nitrogens with zero attached hydrogens (tertiary/aromatic N) is 3. The van der Waals surface area contributed by atoms with Crippen LogP contribution in [0, 0.1) is 0 Å². The van der Waals surface area contributed by atoms with Crippen LogP contribution in [0.15, 0.2) is 65.5 Å². The lowest BCUT2D eigenvalue weighted by Crippen LogP contribution is -2.34. The van der Waals surface area contributed by atoms with Gasteiger partial charge in [-0.2, -0.15) is 5.10 Å². The first-order valence-corrected chi connectivity index (χ1v) is 12.7. The van der Waals surface area contributed by atoms with E-state index in [1.807, 2.05) is 29.1 Å². The van der Waals surface area contributed by atoms with Crippen LogP contribution in [0.4, 0.5) is 0 Å². The molecule has 188 valence electrons. The Morgan fingerprint density at radius 1 is 1.11 bits per heavy atom. The molecule has 1 saturated heterocycles. The molecule has 36 heavy (non-hydrogen) atoms. The first kappa shape index (κ1) is 25.9. The van der Waals surface area contributed by atoms with Crippen molar-refractivity contribution in [3.8, 4) is 5.69 Å². The summed E-state index contributed by atoms with van der Waals surface area (Å²) in [5, 5.41) is 21.4. The maximum absolute atomic E-state index is 9.10. The maximum atomic E-state index is 9.10. The Bertz CT molecular complexity index is 1350. The Kier molecular flexibility index (Phi) is 8.45. The number of fused-ring (bicyclic) bond motifs is 1. The van der Waals surface area contributed by atoms with Gasteiger partial charge in [0.1, 0.15) is 0 Å². The molecule has 0 radical (unpaired) electrons. The molecule has 3 N–H and O–H groups in total. The topological polar surface area (TPSA) is 111 Å². The normalized spacial score (nSPS) is 14.4. The Hall–Kier alpha value is -3.14. The van der Waals surface area contributed by atoms with Crippen LogP contribution >= 0.6 is 27.5 Å². The van der Waals surface area contributed by atoms with Gasteiger partial charge in [0, 0.05) is 39.3 Å². The minimum atomic E-state index is -1.82. The van der Waals surface area contributed by atoms with Crippen LogP contribution in [-0.4, -0.2) is 61.5 Å². The van der Waals surface area contributed by atoms with Crippen molar-refractivity contribution in [2.24, 2.45) is 0 Å². The lowest BCUT2D eigenvalue weighted by molar-refractivity contribution is -0.159. The van der Waals surface area contributed by atoms with Gasteiger partial charge < -0.3 is 20.1 Å². The number of carboxylic acid groups (broad SMARTS) is 2. The molecule has 3 heterocycles. The molecule has 2 aromatic carbocycles.